The van der Waals surface area contributed by atoms with Crippen molar-refractivity contribution in [2.24, 2.45) is 17.1 Å². The zero-order valence-corrected chi connectivity index (χ0v) is 8.75. The molecule has 1 saturated carbocycles. The van der Waals surface area contributed by atoms with Gasteiger partial charge in [0.25, 0.3) is 0 Å². The van der Waals surface area contributed by atoms with E-state index in [0.29, 0.717) is 13.1 Å². The Labute approximate surface area is 84.9 Å². The summed E-state index contributed by atoms with van der Waals surface area (Å²) < 4.78 is 0. The Balaban J connectivity index is 2.27. The summed E-state index contributed by atoms with van der Waals surface area (Å²) in [6.07, 6.45) is 2.81. The minimum Gasteiger partial charge on any atom is -0.396 e. The number of carbonyl (C=O) groups excluding carboxylic acids is 1. The van der Waals surface area contributed by atoms with Gasteiger partial charge in [-0.05, 0) is 19.3 Å². The van der Waals surface area contributed by atoms with Gasteiger partial charge in [-0.3, -0.25) is 4.79 Å². The number of rotatable bonds is 6. The van der Waals surface area contributed by atoms with Crippen molar-refractivity contribution in [2.45, 2.75) is 26.2 Å². The van der Waals surface area contributed by atoms with Gasteiger partial charge in [0.2, 0.25) is 5.91 Å². The molecule has 1 amide bonds. The fraction of sp³-hybridized carbons (Fsp3) is 0.900. The molecule has 4 N–H and O–H groups in total. The average molecular weight is 200 g/mol. The van der Waals surface area contributed by atoms with E-state index in [0.717, 1.165) is 19.3 Å². The molecule has 0 saturated heterocycles. The molecule has 0 spiro atoms. The van der Waals surface area contributed by atoms with Gasteiger partial charge < -0.3 is 16.2 Å². The van der Waals surface area contributed by atoms with Crippen LogP contribution >= 0.6 is 0 Å². The SMILES string of the molecule is CCC(CN)C(=O)NCC1(CO)CC1. The molecule has 1 rings (SSSR count). The van der Waals surface area contributed by atoms with Gasteiger partial charge in [-0.1, -0.05) is 6.92 Å². The summed E-state index contributed by atoms with van der Waals surface area (Å²) in [5.41, 5.74) is 5.45. The summed E-state index contributed by atoms with van der Waals surface area (Å²) in [7, 11) is 0. The van der Waals surface area contributed by atoms with E-state index in [4.69, 9.17) is 10.8 Å². The van der Waals surface area contributed by atoms with Crippen LogP contribution in [-0.4, -0.2) is 30.7 Å². The van der Waals surface area contributed by atoms with Crippen molar-refractivity contribution in [3.63, 3.8) is 0 Å². The fourth-order valence-electron chi connectivity index (χ4n) is 1.45. The van der Waals surface area contributed by atoms with E-state index in [9.17, 15) is 4.79 Å². The number of aliphatic hydroxyl groups is 1. The monoisotopic (exact) mass is 200 g/mol. The van der Waals surface area contributed by atoms with Crippen LogP contribution in [0.25, 0.3) is 0 Å². The first kappa shape index (κ1) is 11.5. The second-order valence-corrected chi connectivity index (χ2v) is 4.22. The number of aliphatic hydroxyl groups excluding tert-OH is 1. The molecule has 0 heterocycles. The summed E-state index contributed by atoms with van der Waals surface area (Å²) in [6, 6.07) is 0. The van der Waals surface area contributed by atoms with E-state index in [2.05, 4.69) is 5.32 Å². The smallest absolute Gasteiger partial charge is 0.224 e. The van der Waals surface area contributed by atoms with E-state index in [1.807, 2.05) is 6.92 Å². The van der Waals surface area contributed by atoms with Crippen LogP contribution in [0.15, 0.2) is 0 Å². The van der Waals surface area contributed by atoms with E-state index >= 15 is 0 Å². The molecule has 0 bridgehead atoms. The second-order valence-electron chi connectivity index (χ2n) is 4.22. The first-order chi connectivity index (χ1) is 6.67. The van der Waals surface area contributed by atoms with Gasteiger partial charge in [0, 0.05) is 24.4 Å². The van der Waals surface area contributed by atoms with Crippen molar-refractivity contribution < 1.29 is 9.90 Å². The molecular weight excluding hydrogens is 180 g/mol. The predicted octanol–water partition coefficient (Wildman–Crippen LogP) is -0.140. The lowest BCUT2D eigenvalue weighted by atomic mass is 10.0. The zero-order chi connectivity index (χ0) is 10.6. The number of hydrogen-bond donors (Lipinski definition) is 3. The molecule has 1 aliphatic carbocycles. The molecular formula is C10H20N2O2. The zero-order valence-electron chi connectivity index (χ0n) is 8.75. The molecule has 4 nitrogen and oxygen atoms in total. The van der Waals surface area contributed by atoms with Crippen LogP contribution in [0, 0.1) is 11.3 Å². The summed E-state index contributed by atoms with van der Waals surface area (Å²) >= 11 is 0. The summed E-state index contributed by atoms with van der Waals surface area (Å²) in [5, 5.41) is 11.9. The van der Waals surface area contributed by atoms with E-state index in [1.54, 1.807) is 0 Å². The Hall–Kier alpha value is -0.610. The highest BCUT2D eigenvalue weighted by molar-refractivity contribution is 5.78. The summed E-state index contributed by atoms with van der Waals surface area (Å²) in [5.74, 6) is -0.0563. The Morgan fingerprint density at radius 2 is 2.29 bits per heavy atom. The number of carbonyl (C=O) groups is 1. The van der Waals surface area contributed by atoms with Crippen LogP contribution in [0.4, 0.5) is 0 Å². The van der Waals surface area contributed by atoms with Crippen molar-refractivity contribution in [1.82, 2.24) is 5.32 Å². The van der Waals surface area contributed by atoms with E-state index < -0.39 is 0 Å². The molecule has 0 aromatic carbocycles. The molecule has 4 heteroatoms. The van der Waals surface area contributed by atoms with Gasteiger partial charge in [0.1, 0.15) is 0 Å². The lowest BCUT2D eigenvalue weighted by Gasteiger charge is -2.16. The molecule has 1 aliphatic rings. The number of hydrogen-bond acceptors (Lipinski definition) is 3. The number of amides is 1. The quantitative estimate of drug-likeness (QED) is 0.558. The number of nitrogens with two attached hydrogens (primary N) is 1. The van der Waals surface area contributed by atoms with Crippen molar-refractivity contribution in [1.29, 1.82) is 0 Å². The molecule has 0 aliphatic heterocycles. The van der Waals surface area contributed by atoms with Crippen LogP contribution in [0.3, 0.4) is 0 Å². The van der Waals surface area contributed by atoms with Gasteiger partial charge in [-0.25, -0.2) is 0 Å². The normalized spacial score (nSPS) is 20.2. The molecule has 1 fully saturated rings. The first-order valence-electron chi connectivity index (χ1n) is 5.26. The lowest BCUT2D eigenvalue weighted by Crippen LogP contribution is -2.38. The van der Waals surface area contributed by atoms with E-state index in [-0.39, 0.29) is 23.8 Å². The van der Waals surface area contributed by atoms with Gasteiger partial charge >= 0.3 is 0 Å². The lowest BCUT2D eigenvalue weighted by molar-refractivity contribution is -0.125. The minimum absolute atomic E-state index is 0.0114. The Morgan fingerprint density at radius 1 is 1.64 bits per heavy atom. The Kier molecular flexibility index (Phi) is 3.89. The highest BCUT2D eigenvalue weighted by Crippen LogP contribution is 2.44. The van der Waals surface area contributed by atoms with Crippen molar-refractivity contribution >= 4 is 5.91 Å². The molecule has 1 atom stereocenters. The maximum atomic E-state index is 11.5. The van der Waals surface area contributed by atoms with Gasteiger partial charge in [-0.2, -0.15) is 0 Å². The van der Waals surface area contributed by atoms with Crippen LogP contribution in [0.1, 0.15) is 26.2 Å². The van der Waals surface area contributed by atoms with Crippen LogP contribution in [-0.2, 0) is 4.79 Å². The average Bonchev–Trinajstić information content (AvgIpc) is 2.97. The molecule has 14 heavy (non-hydrogen) atoms. The molecule has 0 aromatic rings. The molecule has 82 valence electrons. The van der Waals surface area contributed by atoms with Crippen LogP contribution in [0.2, 0.25) is 0 Å². The van der Waals surface area contributed by atoms with Crippen LogP contribution < -0.4 is 11.1 Å². The Morgan fingerprint density at radius 3 is 2.64 bits per heavy atom. The van der Waals surface area contributed by atoms with Gasteiger partial charge in [-0.15, -0.1) is 0 Å². The van der Waals surface area contributed by atoms with Crippen molar-refractivity contribution in [3.8, 4) is 0 Å². The summed E-state index contributed by atoms with van der Waals surface area (Å²) in [6.45, 7) is 3.12. The maximum absolute atomic E-state index is 11.5. The second kappa shape index (κ2) is 4.75. The third-order valence-corrected chi connectivity index (χ3v) is 3.08. The van der Waals surface area contributed by atoms with Crippen molar-refractivity contribution in [2.75, 3.05) is 19.7 Å². The third-order valence-electron chi connectivity index (χ3n) is 3.08. The maximum Gasteiger partial charge on any atom is 0.224 e. The molecule has 0 radical (unpaired) electrons. The first-order valence-corrected chi connectivity index (χ1v) is 5.26. The molecule has 0 aromatic heterocycles. The predicted molar refractivity (Wildman–Crippen MR) is 54.6 cm³/mol. The fourth-order valence-corrected chi connectivity index (χ4v) is 1.45. The van der Waals surface area contributed by atoms with Crippen molar-refractivity contribution in [3.05, 3.63) is 0 Å². The standard InChI is InChI=1S/C10H20N2O2/c1-2-8(5-11)9(14)12-6-10(7-13)3-4-10/h8,13H,2-7,11H2,1H3,(H,12,14). The largest absolute Gasteiger partial charge is 0.396 e. The highest BCUT2D eigenvalue weighted by atomic mass is 16.3. The van der Waals surface area contributed by atoms with Gasteiger partial charge in [0.05, 0.1) is 6.61 Å². The third kappa shape index (κ3) is 2.69. The van der Waals surface area contributed by atoms with Gasteiger partial charge in [0.15, 0.2) is 0 Å². The van der Waals surface area contributed by atoms with Crippen LogP contribution in [0.5, 0.6) is 0 Å². The highest BCUT2D eigenvalue weighted by Gasteiger charge is 2.42. The topological polar surface area (TPSA) is 75.4 Å². The van der Waals surface area contributed by atoms with E-state index in [1.165, 1.54) is 0 Å². The minimum atomic E-state index is -0.0792. The summed E-state index contributed by atoms with van der Waals surface area (Å²) in [4.78, 5) is 11.5. The Bertz CT molecular complexity index is 198. The number of nitrogens with one attached hydrogen (secondary N) is 1. The molecule has 1 unspecified atom stereocenters.